The Morgan fingerprint density at radius 2 is 1.25 bits per heavy atom. The van der Waals surface area contributed by atoms with Crippen LogP contribution in [0.15, 0.2) is 0 Å². The Morgan fingerprint density at radius 3 is 1.25 bits per heavy atom. The van der Waals surface area contributed by atoms with E-state index in [0.717, 1.165) is 8.46 Å². The first-order chi connectivity index (χ1) is 1.41. The maximum Gasteiger partial charge on any atom is 0 e. The van der Waals surface area contributed by atoms with Crippen LogP contribution in [0.2, 0.25) is 0 Å². The first-order valence-electron chi connectivity index (χ1n) is 0.309. The van der Waals surface area contributed by atoms with Crippen molar-refractivity contribution in [3.63, 3.8) is 0 Å². The third-order valence-corrected chi connectivity index (χ3v) is 0. The van der Waals surface area contributed by atoms with Crippen LogP contribution in [0.4, 0.5) is 0 Å². The van der Waals surface area contributed by atoms with Crippen molar-refractivity contribution in [3.8, 4) is 0 Å². The molecule has 4 heavy (non-hydrogen) atoms. The quantitative estimate of drug-likeness (QED) is 0.317. The van der Waals surface area contributed by atoms with Gasteiger partial charge in [0.25, 0.3) is 0 Å². The molecular weight excluding hydrogens is 542 g/mol. The molecule has 0 N–H and O–H groups in total. The zero-order chi connectivity index (χ0) is 2.71. The summed E-state index contributed by atoms with van der Waals surface area (Å²) in [7, 11) is 0.815. The summed E-state index contributed by atoms with van der Waals surface area (Å²) in [5, 5.41) is 0. The van der Waals surface area contributed by atoms with Crippen LogP contribution in [0, 0.1) is 0 Å². The van der Waals surface area contributed by atoms with Gasteiger partial charge in [-0.3, -0.25) is 0 Å². The fraction of sp³-hybridized carbons (Fsp3) is 0. The molecule has 0 nitrogen and oxygen atoms in total. The first-order valence-corrected chi connectivity index (χ1v) is 10.8. The van der Waals surface area contributed by atoms with Gasteiger partial charge in [-0.2, -0.15) is 0 Å². The Bertz CT molecular complexity index is 6.00. The summed E-state index contributed by atoms with van der Waals surface area (Å²) in [6.45, 7) is 0. The molecule has 0 aliphatic heterocycles. The van der Waals surface area contributed by atoms with Crippen LogP contribution < -0.4 is 0 Å². The number of hydrogen-bond acceptors (Lipinski definition) is 0. The van der Waals surface area contributed by atoms with Crippen LogP contribution in [0.1, 0.15) is 0 Å². The van der Waals surface area contributed by atoms with Gasteiger partial charge in [-0.25, -0.2) is 0 Å². The molecule has 0 bridgehead atoms. The maximum absolute atomic E-state index is 2.34. The van der Waals surface area contributed by atoms with Crippen molar-refractivity contribution in [3.05, 3.63) is 0 Å². The minimum Gasteiger partial charge on any atom is 0 e. The molecule has 0 heterocycles. The summed E-state index contributed by atoms with van der Waals surface area (Å²) in [5.41, 5.74) is 0. The molecule has 0 aliphatic rings. The average Bonchev–Trinajstić information content (AvgIpc) is 0.918. The number of halogens is 2. The van der Waals surface area contributed by atoms with Gasteiger partial charge in [0.2, 0.25) is 0 Å². The van der Waals surface area contributed by atoms with Crippen LogP contribution in [0.25, 0.3) is 0 Å². The van der Waals surface area contributed by atoms with Crippen molar-refractivity contribution >= 4 is 75.3 Å². The van der Waals surface area contributed by atoms with E-state index in [0.29, 0.717) is 0 Å². The van der Waals surface area contributed by atoms with E-state index in [1.807, 2.05) is 0 Å². The molecule has 0 aliphatic carbocycles. The topological polar surface area (TPSA) is 0 Å². The standard InChI is InChI=1S/Bi.I2Se/c;1-3-2. The number of hydrogen-bond donors (Lipinski definition) is 0. The van der Waals surface area contributed by atoms with Gasteiger partial charge in [-0.1, -0.05) is 0 Å². The van der Waals surface area contributed by atoms with Crippen LogP contribution in [0.3, 0.4) is 0 Å². The van der Waals surface area contributed by atoms with Gasteiger partial charge in [0.05, 0.1) is 0 Å². The molecule has 4 heteroatoms. The zero-order valence-electron chi connectivity index (χ0n) is 1.61. The SMILES string of the molecule is I[Se]I.[Bi]. The van der Waals surface area contributed by atoms with Crippen molar-refractivity contribution in [2.24, 2.45) is 0 Å². The summed E-state index contributed by atoms with van der Waals surface area (Å²) < 4.78 is 0. The van der Waals surface area contributed by atoms with Gasteiger partial charge in [0.15, 0.2) is 0 Å². The minimum atomic E-state index is 0. The molecule has 0 aromatic heterocycles. The molecule has 25 valence electrons. The van der Waals surface area contributed by atoms with E-state index in [1.54, 1.807) is 0 Å². The van der Waals surface area contributed by atoms with Gasteiger partial charge in [0, 0.05) is 26.2 Å². The molecular formula is BiI2Se. The summed E-state index contributed by atoms with van der Waals surface area (Å²) in [5.74, 6) is 0. The monoisotopic (exact) mass is 543 g/mol. The summed E-state index contributed by atoms with van der Waals surface area (Å²) in [4.78, 5) is 0. The van der Waals surface area contributed by atoms with Crippen LogP contribution >= 0.6 is 40.7 Å². The van der Waals surface area contributed by atoms with Crippen molar-refractivity contribution in [1.29, 1.82) is 0 Å². The predicted octanol–water partition coefficient (Wildman–Crippen LogP) is 1.01. The molecule has 0 amide bonds. The fourth-order valence-corrected chi connectivity index (χ4v) is 0. The molecule has 0 aromatic rings. The molecule has 3 radical (unpaired) electrons. The predicted molar refractivity (Wildman–Crippen MR) is 39.5 cm³/mol. The van der Waals surface area contributed by atoms with Crippen molar-refractivity contribution in [2.75, 3.05) is 0 Å². The van der Waals surface area contributed by atoms with E-state index in [9.17, 15) is 0 Å². The van der Waals surface area contributed by atoms with Gasteiger partial charge in [0.1, 0.15) is 0 Å². The fourth-order valence-electron chi connectivity index (χ4n) is 0. The van der Waals surface area contributed by atoms with E-state index in [4.69, 9.17) is 0 Å². The van der Waals surface area contributed by atoms with E-state index in [-0.39, 0.29) is 26.2 Å². The molecule has 0 atom stereocenters. The molecule has 0 saturated heterocycles. The summed E-state index contributed by atoms with van der Waals surface area (Å²) in [6.07, 6.45) is 0. The Morgan fingerprint density at radius 1 is 1.25 bits per heavy atom. The molecule has 0 fully saturated rings. The second-order valence-electron chi connectivity index (χ2n) is 0.0583. The van der Waals surface area contributed by atoms with Crippen LogP contribution in [-0.4, -0.2) is 34.7 Å². The third kappa shape index (κ3) is 8.85. The molecule has 0 rings (SSSR count). The van der Waals surface area contributed by atoms with Crippen molar-refractivity contribution in [1.82, 2.24) is 0 Å². The number of rotatable bonds is 0. The zero-order valence-corrected chi connectivity index (χ0v) is 11.1. The summed E-state index contributed by atoms with van der Waals surface area (Å²) in [6, 6.07) is 0. The Balaban J connectivity index is 0. The minimum absolute atomic E-state index is 0. The Kier molecular flexibility index (Phi) is 23.2. The largest absolute Gasteiger partial charge is 0 e. The molecule has 0 spiro atoms. The van der Waals surface area contributed by atoms with Gasteiger partial charge < -0.3 is 0 Å². The summed E-state index contributed by atoms with van der Waals surface area (Å²) >= 11 is 4.68. The van der Waals surface area contributed by atoms with Crippen molar-refractivity contribution < 1.29 is 0 Å². The van der Waals surface area contributed by atoms with E-state index >= 15 is 0 Å². The average molecular weight is 542 g/mol. The second kappa shape index (κ2) is 9.29. The van der Waals surface area contributed by atoms with E-state index in [1.165, 1.54) is 0 Å². The second-order valence-corrected chi connectivity index (χ2v) is 13.6. The first kappa shape index (κ1) is 9.98. The molecule has 0 aromatic carbocycles. The Hall–Kier alpha value is 2.86. The van der Waals surface area contributed by atoms with Gasteiger partial charge in [-0.15, -0.1) is 0 Å². The molecule has 0 saturated carbocycles. The smallest absolute Gasteiger partial charge is 0 e. The van der Waals surface area contributed by atoms with E-state index < -0.39 is 0 Å². The van der Waals surface area contributed by atoms with Gasteiger partial charge in [-0.05, 0) is 0 Å². The maximum atomic E-state index is 2.34. The van der Waals surface area contributed by atoms with Gasteiger partial charge >= 0.3 is 49.1 Å². The molecule has 0 unspecified atom stereocenters. The Labute approximate surface area is 73.6 Å². The van der Waals surface area contributed by atoms with Crippen molar-refractivity contribution in [2.45, 2.75) is 0 Å². The van der Waals surface area contributed by atoms with Crippen LogP contribution in [0.5, 0.6) is 0 Å². The normalized spacial score (nSPS) is 4.50. The third-order valence-electron chi connectivity index (χ3n) is 0. The van der Waals surface area contributed by atoms with E-state index in [2.05, 4.69) is 40.7 Å². The van der Waals surface area contributed by atoms with Crippen LogP contribution in [-0.2, 0) is 0 Å².